The number of para-hydroxylation sites is 2. The number of anilines is 1. The van der Waals surface area contributed by atoms with Crippen molar-refractivity contribution in [2.24, 2.45) is 0 Å². The lowest BCUT2D eigenvalue weighted by molar-refractivity contribution is 0.0995. The number of rotatable bonds is 7. The van der Waals surface area contributed by atoms with Crippen LogP contribution in [0.15, 0.2) is 95.7 Å². The van der Waals surface area contributed by atoms with Crippen LogP contribution in [0.25, 0.3) is 11.0 Å². The summed E-state index contributed by atoms with van der Waals surface area (Å²) in [6.45, 7) is 2.93. The first-order chi connectivity index (χ1) is 16.2. The summed E-state index contributed by atoms with van der Waals surface area (Å²) < 4.78 is 13.9. The third-order valence-electron chi connectivity index (χ3n) is 5.52. The first-order valence-electron chi connectivity index (χ1n) is 10.7. The lowest BCUT2D eigenvalue weighted by Crippen LogP contribution is -2.14. The number of hydrogen-bond donors (Lipinski definition) is 1. The molecule has 0 aliphatic heterocycles. The number of aryl methyl sites for hydroxylation is 1. The minimum atomic E-state index is -0.309. The van der Waals surface area contributed by atoms with Crippen molar-refractivity contribution in [3.8, 4) is 5.75 Å². The van der Waals surface area contributed by atoms with Gasteiger partial charge < -0.3 is 19.0 Å². The van der Waals surface area contributed by atoms with Crippen molar-refractivity contribution < 1.29 is 13.9 Å². The molecule has 0 saturated carbocycles. The van der Waals surface area contributed by atoms with E-state index in [2.05, 4.69) is 14.9 Å². The fraction of sp³-hybridized carbons (Fsp3) is 0.111. The first-order valence-corrected chi connectivity index (χ1v) is 10.7. The molecule has 0 spiro atoms. The third-order valence-corrected chi connectivity index (χ3v) is 5.52. The Bertz CT molecular complexity index is 1390. The van der Waals surface area contributed by atoms with Crippen LogP contribution in [0.3, 0.4) is 0 Å². The summed E-state index contributed by atoms with van der Waals surface area (Å²) in [5.74, 6) is 1.64. The van der Waals surface area contributed by atoms with Gasteiger partial charge in [0.15, 0.2) is 5.76 Å². The highest BCUT2D eigenvalue weighted by Crippen LogP contribution is 2.28. The van der Waals surface area contributed by atoms with Gasteiger partial charge in [0.25, 0.3) is 5.91 Å². The standard InChI is InChI=1S/C27H23N3O3/c1-19-28-15-16-30(19)17-20-11-13-21(14-12-20)29-27(31)26-24(18-32-22-7-3-2-4-8-22)23-9-5-6-10-25(23)33-26/h2-16H,17-18H2,1H3,(H,29,31). The van der Waals surface area contributed by atoms with E-state index in [1.807, 2.05) is 92.0 Å². The van der Waals surface area contributed by atoms with Crippen molar-refractivity contribution in [2.75, 3.05) is 5.32 Å². The molecule has 6 nitrogen and oxygen atoms in total. The molecule has 1 amide bonds. The summed E-state index contributed by atoms with van der Waals surface area (Å²) in [5, 5.41) is 3.81. The second-order valence-corrected chi connectivity index (χ2v) is 7.76. The van der Waals surface area contributed by atoms with Gasteiger partial charge >= 0.3 is 0 Å². The number of imidazole rings is 1. The maximum absolute atomic E-state index is 13.1. The van der Waals surface area contributed by atoms with Gasteiger partial charge in [-0.1, -0.05) is 48.5 Å². The fourth-order valence-electron chi connectivity index (χ4n) is 3.75. The van der Waals surface area contributed by atoms with Gasteiger partial charge in [-0.2, -0.15) is 0 Å². The zero-order valence-electron chi connectivity index (χ0n) is 18.2. The van der Waals surface area contributed by atoms with E-state index in [0.29, 0.717) is 11.3 Å². The Labute approximate surface area is 191 Å². The highest BCUT2D eigenvalue weighted by Gasteiger charge is 2.21. The minimum absolute atomic E-state index is 0.229. The van der Waals surface area contributed by atoms with E-state index in [1.165, 1.54) is 0 Å². The van der Waals surface area contributed by atoms with Crippen molar-refractivity contribution in [3.05, 3.63) is 114 Å². The van der Waals surface area contributed by atoms with E-state index in [4.69, 9.17) is 9.15 Å². The van der Waals surface area contributed by atoms with Gasteiger partial charge in [0.05, 0.1) is 0 Å². The number of carbonyl (C=O) groups excluding carboxylic acids is 1. The van der Waals surface area contributed by atoms with Crippen LogP contribution < -0.4 is 10.1 Å². The lowest BCUT2D eigenvalue weighted by Gasteiger charge is -2.09. The van der Waals surface area contributed by atoms with Crippen molar-refractivity contribution in [3.63, 3.8) is 0 Å². The average Bonchev–Trinajstić information content (AvgIpc) is 3.43. The second-order valence-electron chi connectivity index (χ2n) is 7.76. The van der Waals surface area contributed by atoms with Crippen molar-refractivity contribution in [2.45, 2.75) is 20.1 Å². The number of furan rings is 1. The van der Waals surface area contributed by atoms with E-state index in [-0.39, 0.29) is 18.3 Å². The van der Waals surface area contributed by atoms with Crippen LogP contribution in [0.1, 0.15) is 27.5 Å². The molecule has 0 aliphatic carbocycles. The van der Waals surface area contributed by atoms with Crippen LogP contribution in [-0.2, 0) is 13.2 Å². The lowest BCUT2D eigenvalue weighted by atomic mass is 10.1. The van der Waals surface area contributed by atoms with Gasteiger partial charge in [-0.05, 0) is 42.8 Å². The maximum Gasteiger partial charge on any atom is 0.291 e. The van der Waals surface area contributed by atoms with Gasteiger partial charge in [-0.15, -0.1) is 0 Å². The topological polar surface area (TPSA) is 69.3 Å². The molecule has 164 valence electrons. The quantitative estimate of drug-likeness (QED) is 0.348. The highest BCUT2D eigenvalue weighted by molar-refractivity contribution is 6.06. The summed E-state index contributed by atoms with van der Waals surface area (Å²) in [6, 6.07) is 24.9. The molecule has 3 aromatic carbocycles. The molecule has 0 fully saturated rings. The Morgan fingerprint density at radius 1 is 1.00 bits per heavy atom. The number of aromatic nitrogens is 2. The summed E-state index contributed by atoms with van der Waals surface area (Å²) in [6.07, 6.45) is 3.74. The average molecular weight is 437 g/mol. The molecule has 5 rings (SSSR count). The van der Waals surface area contributed by atoms with Gasteiger partial charge in [-0.25, -0.2) is 4.98 Å². The molecule has 5 aromatic rings. The number of fused-ring (bicyclic) bond motifs is 1. The molecule has 0 atom stereocenters. The van der Waals surface area contributed by atoms with Crippen molar-refractivity contribution >= 4 is 22.6 Å². The summed E-state index contributed by atoms with van der Waals surface area (Å²) in [7, 11) is 0. The summed E-state index contributed by atoms with van der Waals surface area (Å²) >= 11 is 0. The normalized spacial score (nSPS) is 10.9. The van der Waals surface area contributed by atoms with Crippen LogP contribution in [-0.4, -0.2) is 15.5 Å². The molecular formula is C27H23N3O3. The Morgan fingerprint density at radius 2 is 1.76 bits per heavy atom. The predicted octanol–water partition coefficient (Wildman–Crippen LogP) is 5.82. The summed E-state index contributed by atoms with van der Waals surface area (Å²) in [5.41, 5.74) is 3.19. The van der Waals surface area contributed by atoms with Gasteiger partial charge in [-0.3, -0.25) is 4.79 Å². The Kier molecular flexibility index (Phi) is 5.64. The number of hydrogen-bond acceptors (Lipinski definition) is 4. The smallest absolute Gasteiger partial charge is 0.291 e. The first kappa shape index (κ1) is 20.6. The van der Waals surface area contributed by atoms with Crippen LogP contribution in [0, 0.1) is 6.92 Å². The number of benzene rings is 3. The number of nitrogens with zero attached hydrogens (tertiary/aromatic N) is 2. The van der Waals surface area contributed by atoms with Crippen molar-refractivity contribution in [1.82, 2.24) is 9.55 Å². The molecule has 0 bridgehead atoms. The van der Waals surface area contributed by atoms with E-state index in [1.54, 1.807) is 6.20 Å². The molecule has 2 aromatic heterocycles. The molecule has 0 unspecified atom stereocenters. The molecular weight excluding hydrogens is 414 g/mol. The number of amides is 1. The molecule has 1 N–H and O–H groups in total. The molecule has 33 heavy (non-hydrogen) atoms. The fourth-order valence-corrected chi connectivity index (χ4v) is 3.75. The molecule has 0 saturated heterocycles. The molecule has 6 heteroatoms. The van der Waals surface area contributed by atoms with E-state index in [0.717, 1.165) is 34.6 Å². The van der Waals surface area contributed by atoms with Gasteiger partial charge in [0.1, 0.15) is 23.8 Å². The molecule has 0 aliphatic rings. The largest absolute Gasteiger partial charge is 0.489 e. The van der Waals surface area contributed by atoms with Gasteiger partial charge in [0, 0.05) is 35.6 Å². The summed E-state index contributed by atoms with van der Waals surface area (Å²) in [4.78, 5) is 17.4. The zero-order chi connectivity index (χ0) is 22.6. The van der Waals surface area contributed by atoms with Crippen molar-refractivity contribution in [1.29, 1.82) is 0 Å². The van der Waals surface area contributed by atoms with Crippen LogP contribution in [0.2, 0.25) is 0 Å². The number of carbonyl (C=O) groups is 1. The van der Waals surface area contributed by atoms with E-state index in [9.17, 15) is 4.79 Å². The third kappa shape index (κ3) is 4.50. The SMILES string of the molecule is Cc1nccn1Cc1ccc(NC(=O)c2oc3ccccc3c2COc2ccccc2)cc1. The minimum Gasteiger partial charge on any atom is -0.489 e. The number of ether oxygens (including phenoxy) is 1. The van der Waals surface area contributed by atoms with E-state index < -0.39 is 0 Å². The highest BCUT2D eigenvalue weighted by atomic mass is 16.5. The van der Waals surface area contributed by atoms with Crippen LogP contribution in [0.4, 0.5) is 5.69 Å². The predicted molar refractivity (Wildman–Crippen MR) is 127 cm³/mol. The monoisotopic (exact) mass is 437 g/mol. The molecule has 2 heterocycles. The van der Waals surface area contributed by atoms with Gasteiger partial charge in [0.2, 0.25) is 0 Å². The zero-order valence-corrected chi connectivity index (χ0v) is 18.2. The van der Waals surface area contributed by atoms with Crippen LogP contribution in [0.5, 0.6) is 5.75 Å². The van der Waals surface area contributed by atoms with E-state index >= 15 is 0 Å². The number of nitrogens with one attached hydrogen (secondary N) is 1. The maximum atomic E-state index is 13.1. The Balaban J connectivity index is 1.35. The Morgan fingerprint density at radius 3 is 2.52 bits per heavy atom. The second kappa shape index (κ2) is 9.04. The van der Waals surface area contributed by atoms with Crippen LogP contribution >= 0.6 is 0 Å². The molecule has 0 radical (unpaired) electrons. The Hall–Kier alpha value is -4.32.